The highest BCUT2D eigenvalue weighted by Gasteiger charge is 2.04. The van der Waals surface area contributed by atoms with Gasteiger partial charge in [-0.05, 0) is 24.6 Å². The van der Waals surface area contributed by atoms with Gasteiger partial charge < -0.3 is 14.8 Å². The van der Waals surface area contributed by atoms with E-state index in [2.05, 4.69) is 18.8 Å². The van der Waals surface area contributed by atoms with Gasteiger partial charge in [-0.3, -0.25) is 0 Å². The SMILES string of the molecule is C=CC(C)NCc1ccc(OC)c(OC)c1. The normalized spacial score (nSPS) is 11.9. The van der Waals surface area contributed by atoms with E-state index >= 15 is 0 Å². The maximum atomic E-state index is 5.24. The van der Waals surface area contributed by atoms with Crippen LogP contribution in [-0.2, 0) is 6.54 Å². The fourth-order valence-corrected chi connectivity index (χ4v) is 1.35. The van der Waals surface area contributed by atoms with Gasteiger partial charge in [0, 0.05) is 12.6 Å². The number of ether oxygens (including phenoxy) is 2. The van der Waals surface area contributed by atoms with Gasteiger partial charge >= 0.3 is 0 Å². The minimum atomic E-state index is 0.299. The molecule has 0 saturated heterocycles. The van der Waals surface area contributed by atoms with E-state index in [1.807, 2.05) is 24.3 Å². The molecule has 16 heavy (non-hydrogen) atoms. The molecule has 0 saturated carbocycles. The van der Waals surface area contributed by atoms with E-state index in [1.54, 1.807) is 14.2 Å². The van der Waals surface area contributed by atoms with Crippen molar-refractivity contribution >= 4 is 0 Å². The first kappa shape index (κ1) is 12.6. The summed E-state index contributed by atoms with van der Waals surface area (Å²) >= 11 is 0. The van der Waals surface area contributed by atoms with Gasteiger partial charge in [0.05, 0.1) is 14.2 Å². The highest BCUT2D eigenvalue weighted by atomic mass is 16.5. The largest absolute Gasteiger partial charge is 0.493 e. The maximum Gasteiger partial charge on any atom is 0.161 e. The molecule has 0 aliphatic rings. The standard InChI is InChI=1S/C13H19NO2/c1-5-10(2)14-9-11-6-7-12(15-3)13(8-11)16-4/h5-8,10,14H,1,9H2,2-4H3. The first-order valence-electron chi connectivity index (χ1n) is 5.28. The van der Waals surface area contributed by atoms with Gasteiger partial charge in [0.2, 0.25) is 0 Å². The lowest BCUT2D eigenvalue weighted by atomic mass is 10.2. The van der Waals surface area contributed by atoms with Gasteiger partial charge in [0.25, 0.3) is 0 Å². The van der Waals surface area contributed by atoms with E-state index in [0.717, 1.165) is 23.6 Å². The van der Waals surface area contributed by atoms with E-state index in [9.17, 15) is 0 Å². The second kappa shape index (κ2) is 6.18. The lowest BCUT2D eigenvalue weighted by Crippen LogP contribution is -2.22. The molecular formula is C13H19NO2. The molecular weight excluding hydrogens is 202 g/mol. The molecule has 0 bridgehead atoms. The van der Waals surface area contributed by atoms with Crippen molar-refractivity contribution in [2.24, 2.45) is 0 Å². The predicted molar refractivity (Wildman–Crippen MR) is 66.0 cm³/mol. The zero-order valence-corrected chi connectivity index (χ0v) is 10.1. The van der Waals surface area contributed by atoms with E-state index in [4.69, 9.17) is 9.47 Å². The van der Waals surface area contributed by atoms with Gasteiger partial charge in [-0.15, -0.1) is 6.58 Å². The Morgan fingerprint density at radius 1 is 1.31 bits per heavy atom. The van der Waals surface area contributed by atoms with Crippen LogP contribution in [0.15, 0.2) is 30.9 Å². The molecule has 3 heteroatoms. The molecule has 1 N–H and O–H groups in total. The van der Waals surface area contributed by atoms with Crippen LogP contribution in [0.4, 0.5) is 0 Å². The Morgan fingerprint density at radius 2 is 2.00 bits per heavy atom. The summed E-state index contributed by atoms with van der Waals surface area (Å²) in [5.74, 6) is 1.51. The fraction of sp³-hybridized carbons (Fsp3) is 0.385. The molecule has 88 valence electrons. The highest BCUT2D eigenvalue weighted by Crippen LogP contribution is 2.27. The zero-order valence-electron chi connectivity index (χ0n) is 10.1. The van der Waals surface area contributed by atoms with Crippen LogP contribution < -0.4 is 14.8 Å². The smallest absolute Gasteiger partial charge is 0.161 e. The number of hydrogen-bond donors (Lipinski definition) is 1. The van der Waals surface area contributed by atoms with E-state index in [-0.39, 0.29) is 0 Å². The zero-order chi connectivity index (χ0) is 12.0. The number of nitrogens with one attached hydrogen (secondary N) is 1. The lowest BCUT2D eigenvalue weighted by molar-refractivity contribution is 0.354. The molecule has 0 fully saturated rings. The summed E-state index contributed by atoms with van der Waals surface area (Å²) in [6, 6.07) is 6.20. The van der Waals surface area contributed by atoms with Crippen LogP contribution in [0.2, 0.25) is 0 Å². The second-order valence-corrected chi connectivity index (χ2v) is 3.59. The van der Waals surface area contributed by atoms with Crippen molar-refractivity contribution < 1.29 is 9.47 Å². The molecule has 1 rings (SSSR count). The van der Waals surface area contributed by atoms with Crippen molar-refractivity contribution in [2.45, 2.75) is 19.5 Å². The average Bonchev–Trinajstić information content (AvgIpc) is 2.35. The minimum absolute atomic E-state index is 0.299. The summed E-state index contributed by atoms with van der Waals surface area (Å²) in [6.07, 6.45) is 1.88. The van der Waals surface area contributed by atoms with E-state index < -0.39 is 0 Å². The minimum Gasteiger partial charge on any atom is -0.493 e. The van der Waals surface area contributed by atoms with Crippen LogP contribution in [0.1, 0.15) is 12.5 Å². The van der Waals surface area contributed by atoms with E-state index in [1.165, 1.54) is 0 Å². The van der Waals surface area contributed by atoms with E-state index in [0.29, 0.717) is 6.04 Å². The number of rotatable bonds is 6. The van der Waals surface area contributed by atoms with Crippen LogP contribution in [0.25, 0.3) is 0 Å². The summed E-state index contributed by atoms with van der Waals surface area (Å²) in [5, 5.41) is 3.32. The molecule has 0 aliphatic carbocycles. The molecule has 0 aromatic heterocycles. The van der Waals surface area contributed by atoms with Crippen molar-refractivity contribution in [1.29, 1.82) is 0 Å². The first-order valence-corrected chi connectivity index (χ1v) is 5.28. The Balaban J connectivity index is 2.71. The number of methoxy groups -OCH3 is 2. The molecule has 0 radical (unpaired) electrons. The van der Waals surface area contributed by atoms with Crippen LogP contribution in [0.3, 0.4) is 0 Å². The van der Waals surface area contributed by atoms with Crippen LogP contribution in [0.5, 0.6) is 11.5 Å². The van der Waals surface area contributed by atoms with Crippen LogP contribution in [0, 0.1) is 0 Å². The van der Waals surface area contributed by atoms with Crippen LogP contribution in [-0.4, -0.2) is 20.3 Å². The first-order chi connectivity index (χ1) is 7.71. The predicted octanol–water partition coefficient (Wildman–Crippen LogP) is 2.37. The Kier molecular flexibility index (Phi) is 4.86. The molecule has 1 aromatic carbocycles. The van der Waals surface area contributed by atoms with Crippen molar-refractivity contribution in [2.75, 3.05) is 14.2 Å². The van der Waals surface area contributed by atoms with Crippen molar-refractivity contribution in [3.63, 3.8) is 0 Å². The quantitative estimate of drug-likeness (QED) is 0.748. The van der Waals surface area contributed by atoms with Crippen LogP contribution >= 0.6 is 0 Å². The van der Waals surface area contributed by atoms with Gasteiger partial charge in [-0.25, -0.2) is 0 Å². The monoisotopic (exact) mass is 221 g/mol. The summed E-state index contributed by atoms with van der Waals surface area (Å²) in [4.78, 5) is 0. The summed E-state index contributed by atoms with van der Waals surface area (Å²) < 4.78 is 10.4. The number of benzene rings is 1. The number of hydrogen-bond acceptors (Lipinski definition) is 3. The summed E-state index contributed by atoms with van der Waals surface area (Å²) in [7, 11) is 3.27. The molecule has 3 nitrogen and oxygen atoms in total. The Hall–Kier alpha value is -1.48. The molecule has 0 aliphatic heterocycles. The third-order valence-corrected chi connectivity index (χ3v) is 2.43. The third kappa shape index (κ3) is 3.28. The maximum absolute atomic E-state index is 5.24. The molecule has 0 spiro atoms. The van der Waals surface area contributed by atoms with Gasteiger partial charge in [0.1, 0.15) is 0 Å². The Bertz CT molecular complexity index is 350. The van der Waals surface area contributed by atoms with Crippen molar-refractivity contribution in [3.05, 3.63) is 36.4 Å². The highest BCUT2D eigenvalue weighted by molar-refractivity contribution is 5.42. The van der Waals surface area contributed by atoms with Gasteiger partial charge in [0.15, 0.2) is 11.5 Å². The Morgan fingerprint density at radius 3 is 2.56 bits per heavy atom. The fourth-order valence-electron chi connectivity index (χ4n) is 1.35. The molecule has 1 unspecified atom stereocenters. The average molecular weight is 221 g/mol. The third-order valence-electron chi connectivity index (χ3n) is 2.43. The summed E-state index contributed by atoms with van der Waals surface area (Å²) in [5.41, 5.74) is 1.16. The lowest BCUT2D eigenvalue weighted by Gasteiger charge is -2.12. The summed E-state index contributed by atoms with van der Waals surface area (Å²) in [6.45, 7) is 6.58. The molecule has 0 amide bonds. The van der Waals surface area contributed by atoms with Crippen molar-refractivity contribution in [1.82, 2.24) is 5.32 Å². The second-order valence-electron chi connectivity index (χ2n) is 3.59. The van der Waals surface area contributed by atoms with Crippen molar-refractivity contribution in [3.8, 4) is 11.5 Å². The molecule has 1 aromatic rings. The Labute approximate surface area is 97.1 Å². The molecule has 0 heterocycles. The topological polar surface area (TPSA) is 30.5 Å². The van der Waals surface area contributed by atoms with Gasteiger partial charge in [-0.2, -0.15) is 0 Å². The van der Waals surface area contributed by atoms with Gasteiger partial charge in [-0.1, -0.05) is 12.1 Å². The molecule has 1 atom stereocenters.